The van der Waals surface area contributed by atoms with E-state index in [0.29, 0.717) is 18.8 Å². The van der Waals surface area contributed by atoms with Crippen LogP contribution in [0.15, 0.2) is 6.07 Å². The number of nitrogens with one attached hydrogen (secondary N) is 1. The lowest BCUT2D eigenvalue weighted by Crippen LogP contribution is -2.41. The molecule has 0 fully saturated rings. The predicted molar refractivity (Wildman–Crippen MR) is 86.4 cm³/mol. The summed E-state index contributed by atoms with van der Waals surface area (Å²) in [6.07, 6.45) is 0.818. The third kappa shape index (κ3) is 4.65. The summed E-state index contributed by atoms with van der Waals surface area (Å²) in [4.78, 5) is 11.6. The molecule has 1 heterocycles. The van der Waals surface area contributed by atoms with Crippen molar-refractivity contribution in [1.82, 2.24) is 15.2 Å². The second-order valence-corrected chi connectivity index (χ2v) is 11.6. The number of hydrogen-bond donors (Lipinski definition) is 2. The number of aryl methyl sites for hydroxylation is 2. The van der Waals surface area contributed by atoms with Gasteiger partial charge in [-0.3, -0.25) is 14.9 Å². The van der Waals surface area contributed by atoms with E-state index in [9.17, 15) is 4.79 Å². The fourth-order valence-corrected chi connectivity index (χ4v) is 2.82. The maximum atomic E-state index is 11.6. The fraction of sp³-hybridized carbons (Fsp3) is 0.714. The van der Waals surface area contributed by atoms with Crippen LogP contribution >= 0.6 is 0 Å². The molecule has 21 heavy (non-hydrogen) atoms. The van der Waals surface area contributed by atoms with E-state index >= 15 is 0 Å². The first-order valence-corrected chi connectivity index (χ1v) is 10.2. The van der Waals surface area contributed by atoms with E-state index < -0.39 is 8.32 Å². The summed E-state index contributed by atoms with van der Waals surface area (Å²) in [5.41, 5.74) is 3.44. The van der Waals surface area contributed by atoms with Crippen LogP contribution in [-0.2, 0) is 11.0 Å². The van der Waals surface area contributed by atoms with Crippen molar-refractivity contribution in [2.45, 2.75) is 58.8 Å². The highest BCUT2D eigenvalue weighted by atomic mass is 28.4. The van der Waals surface area contributed by atoms with Crippen molar-refractivity contribution in [2.24, 2.45) is 5.84 Å². The van der Waals surface area contributed by atoms with Crippen molar-refractivity contribution in [1.29, 1.82) is 0 Å². The summed E-state index contributed by atoms with van der Waals surface area (Å²) < 4.78 is 7.81. The highest BCUT2D eigenvalue weighted by Crippen LogP contribution is 2.36. The van der Waals surface area contributed by atoms with Crippen LogP contribution in [0.3, 0.4) is 0 Å². The van der Waals surface area contributed by atoms with Gasteiger partial charge in [0.25, 0.3) is 5.91 Å². The molecule has 1 amide bonds. The average molecular weight is 312 g/mol. The van der Waals surface area contributed by atoms with Crippen LogP contribution in [0.5, 0.6) is 0 Å². The molecule has 7 heteroatoms. The van der Waals surface area contributed by atoms with Crippen LogP contribution in [0.2, 0.25) is 18.1 Å². The van der Waals surface area contributed by atoms with Gasteiger partial charge in [0, 0.05) is 13.2 Å². The SMILES string of the molecule is Cc1cc(C(=O)NN)n(CCCO[Si](C)(C)C(C)(C)C)n1. The lowest BCUT2D eigenvalue weighted by molar-refractivity contribution is 0.0942. The lowest BCUT2D eigenvalue weighted by Gasteiger charge is -2.36. The first kappa shape index (κ1) is 17.9. The molecule has 3 N–H and O–H groups in total. The molecule has 0 bridgehead atoms. The topological polar surface area (TPSA) is 82.2 Å². The first-order valence-electron chi connectivity index (χ1n) is 7.28. The Hall–Kier alpha value is -1.18. The Balaban J connectivity index is 2.56. The van der Waals surface area contributed by atoms with Crippen LogP contribution in [0.25, 0.3) is 0 Å². The van der Waals surface area contributed by atoms with Gasteiger partial charge in [-0.2, -0.15) is 5.10 Å². The van der Waals surface area contributed by atoms with E-state index in [4.69, 9.17) is 10.3 Å². The molecule has 0 aromatic carbocycles. The molecular weight excluding hydrogens is 284 g/mol. The molecule has 1 aromatic rings. The van der Waals surface area contributed by atoms with E-state index in [1.165, 1.54) is 0 Å². The van der Waals surface area contributed by atoms with Gasteiger partial charge in [-0.25, -0.2) is 5.84 Å². The lowest BCUT2D eigenvalue weighted by atomic mass is 10.2. The maximum absolute atomic E-state index is 11.6. The van der Waals surface area contributed by atoms with Gasteiger partial charge in [-0.05, 0) is 37.5 Å². The second-order valence-electron chi connectivity index (χ2n) is 6.83. The van der Waals surface area contributed by atoms with Crippen molar-refractivity contribution in [2.75, 3.05) is 6.61 Å². The van der Waals surface area contributed by atoms with Crippen LogP contribution in [0.1, 0.15) is 43.4 Å². The minimum atomic E-state index is -1.71. The predicted octanol–water partition coefficient (Wildman–Crippen LogP) is 2.21. The number of nitrogen functional groups attached to an aromatic ring is 1. The third-order valence-corrected chi connectivity index (χ3v) is 8.59. The Morgan fingerprint density at radius 3 is 2.62 bits per heavy atom. The summed E-state index contributed by atoms with van der Waals surface area (Å²) in [7, 11) is -1.71. The molecule has 0 radical (unpaired) electrons. The molecule has 1 aromatic heterocycles. The van der Waals surface area contributed by atoms with Crippen molar-refractivity contribution < 1.29 is 9.22 Å². The molecular formula is C14H28N4O2Si. The number of hydrogen-bond acceptors (Lipinski definition) is 4. The van der Waals surface area contributed by atoms with Gasteiger partial charge >= 0.3 is 0 Å². The Morgan fingerprint density at radius 1 is 1.48 bits per heavy atom. The quantitative estimate of drug-likeness (QED) is 0.277. The summed E-state index contributed by atoms with van der Waals surface area (Å²) >= 11 is 0. The first-order chi connectivity index (χ1) is 9.58. The smallest absolute Gasteiger partial charge is 0.283 e. The van der Waals surface area contributed by atoms with E-state index in [1.807, 2.05) is 6.92 Å². The van der Waals surface area contributed by atoms with Gasteiger partial charge in [-0.1, -0.05) is 20.8 Å². The maximum Gasteiger partial charge on any atom is 0.283 e. The van der Waals surface area contributed by atoms with Gasteiger partial charge in [0.1, 0.15) is 5.69 Å². The summed E-state index contributed by atoms with van der Waals surface area (Å²) in [6.45, 7) is 14.3. The number of amides is 1. The van der Waals surface area contributed by atoms with Gasteiger partial charge in [0.2, 0.25) is 0 Å². The molecule has 0 aliphatic heterocycles. The number of aromatic nitrogens is 2. The molecule has 0 spiro atoms. The molecule has 6 nitrogen and oxygen atoms in total. The van der Waals surface area contributed by atoms with Crippen LogP contribution in [0, 0.1) is 6.92 Å². The summed E-state index contributed by atoms with van der Waals surface area (Å²) in [6, 6.07) is 1.73. The normalized spacial score (nSPS) is 12.5. The second kappa shape index (κ2) is 6.72. The van der Waals surface area contributed by atoms with E-state index in [1.54, 1.807) is 10.7 Å². The minimum absolute atomic E-state index is 0.208. The highest BCUT2D eigenvalue weighted by Gasteiger charge is 2.36. The molecule has 0 aliphatic carbocycles. The summed E-state index contributed by atoms with van der Waals surface area (Å²) in [5, 5.41) is 4.53. The number of hydrazine groups is 1. The molecule has 1 rings (SSSR count). The Bertz CT molecular complexity index is 492. The van der Waals surface area contributed by atoms with Gasteiger partial charge in [-0.15, -0.1) is 0 Å². The van der Waals surface area contributed by atoms with E-state index in [2.05, 4.69) is 44.4 Å². The van der Waals surface area contributed by atoms with Crippen molar-refractivity contribution in [3.8, 4) is 0 Å². The molecule has 0 saturated heterocycles. The average Bonchev–Trinajstić information content (AvgIpc) is 2.73. The zero-order valence-electron chi connectivity index (χ0n) is 14.0. The van der Waals surface area contributed by atoms with E-state index in [-0.39, 0.29) is 10.9 Å². The zero-order chi connectivity index (χ0) is 16.3. The number of nitrogens with two attached hydrogens (primary N) is 1. The molecule has 120 valence electrons. The monoisotopic (exact) mass is 312 g/mol. The highest BCUT2D eigenvalue weighted by molar-refractivity contribution is 6.74. The summed E-state index contributed by atoms with van der Waals surface area (Å²) in [5.74, 6) is 4.86. The largest absolute Gasteiger partial charge is 0.417 e. The molecule has 0 unspecified atom stereocenters. The fourth-order valence-electron chi connectivity index (χ4n) is 1.73. The van der Waals surface area contributed by atoms with E-state index in [0.717, 1.165) is 12.1 Å². The van der Waals surface area contributed by atoms with Crippen LogP contribution < -0.4 is 11.3 Å². The zero-order valence-corrected chi connectivity index (χ0v) is 15.0. The van der Waals surface area contributed by atoms with Crippen LogP contribution in [-0.4, -0.2) is 30.6 Å². The Labute approximate surface area is 128 Å². The van der Waals surface area contributed by atoms with Crippen LogP contribution in [0.4, 0.5) is 0 Å². The van der Waals surface area contributed by atoms with Gasteiger partial charge < -0.3 is 4.43 Å². The number of nitrogens with zero attached hydrogens (tertiary/aromatic N) is 2. The van der Waals surface area contributed by atoms with Crippen molar-refractivity contribution in [3.05, 3.63) is 17.5 Å². The Kier molecular flexibility index (Phi) is 5.72. The Morgan fingerprint density at radius 2 is 2.10 bits per heavy atom. The number of rotatable bonds is 6. The standard InChI is InChI=1S/C14H28N4O2Si/c1-11-10-12(13(19)16-15)18(17-11)8-7-9-20-21(5,6)14(2,3)4/h10H,7-9,15H2,1-6H3,(H,16,19). The van der Waals surface area contributed by atoms with Gasteiger partial charge in [0.15, 0.2) is 8.32 Å². The van der Waals surface area contributed by atoms with Crippen molar-refractivity contribution in [3.63, 3.8) is 0 Å². The minimum Gasteiger partial charge on any atom is -0.417 e. The van der Waals surface area contributed by atoms with Gasteiger partial charge in [0.05, 0.1) is 5.69 Å². The molecule has 0 atom stereocenters. The molecule has 0 saturated carbocycles. The number of carbonyl (C=O) groups is 1. The molecule has 0 aliphatic rings. The third-order valence-electron chi connectivity index (χ3n) is 4.05. The number of carbonyl (C=O) groups excluding carboxylic acids is 1. The van der Waals surface area contributed by atoms with Crippen molar-refractivity contribution >= 4 is 14.2 Å².